The Morgan fingerprint density at radius 2 is 2.11 bits per heavy atom. The number of anilines is 3. The molecule has 0 aliphatic heterocycles. The fourth-order valence-electron chi connectivity index (χ4n) is 1.75. The van der Waals surface area contributed by atoms with Crippen LogP contribution in [0.2, 0.25) is 0 Å². The van der Waals surface area contributed by atoms with Crippen LogP contribution in [0.5, 0.6) is 0 Å². The topological polar surface area (TPSA) is 61.0 Å². The SMILES string of the molecule is CCc1cc(=O)[nH]c(Nc2cccc(N(C)C)c2)n1. The third kappa shape index (κ3) is 3.34. The fraction of sp³-hybridized carbons (Fsp3) is 0.286. The molecule has 0 aliphatic carbocycles. The molecule has 0 aliphatic rings. The summed E-state index contributed by atoms with van der Waals surface area (Å²) in [7, 11) is 3.97. The average molecular weight is 258 g/mol. The van der Waals surface area contributed by atoms with Crippen LogP contribution in [0, 0.1) is 0 Å². The summed E-state index contributed by atoms with van der Waals surface area (Å²) in [5, 5.41) is 3.12. The maximum absolute atomic E-state index is 11.5. The van der Waals surface area contributed by atoms with Crippen LogP contribution < -0.4 is 15.8 Å². The van der Waals surface area contributed by atoms with Gasteiger partial charge >= 0.3 is 0 Å². The normalized spacial score (nSPS) is 10.3. The lowest BCUT2D eigenvalue weighted by molar-refractivity contribution is 0.986. The summed E-state index contributed by atoms with van der Waals surface area (Å²) in [4.78, 5) is 20.5. The first-order chi connectivity index (χ1) is 9.08. The minimum Gasteiger partial charge on any atom is -0.378 e. The van der Waals surface area contributed by atoms with Crippen molar-refractivity contribution >= 4 is 17.3 Å². The fourth-order valence-corrected chi connectivity index (χ4v) is 1.75. The molecule has 1 aromatic heterocycles. The zero-order valence-electron chi connectivity index (χ0n) is 11.4. The number of H-pyrrole nitrogens is 1. The molecular formula is C14H18N4O. The molecule has 1 aromatic carbocycles. The van der Waals surface area contributed by atoms with Crippen LogP contribution in [-0.2, 0) is 6.42 Å². The molecular weight excluding hydrogens is 240 g/mol. The molecule has 19 heavy (non-hydrogen) atoms. The molecule has 0 saturated heterocycles. The summed E-state index contributed by atoms with van der Waals surface area (Å²) in [5.74, 6) is 0.472. The van der Waals surface area contributed by atoms with Gasteiger partial charge in [-0.2, -0.15) is 0 Å². The molecule has 0 fully saturated rings. The Balaban J connectivity index is 2.28. The lowest BCUT2D eigenvalue weighted by Crippen LogP contribution is -2.12. The molecule has 0 bridgehead atoms. The van der Waals surface area contributed by atoms with Gasteiger partial charge in [-0.15, -0.1) is 0 Å². The second-order valence-electron chi connectivity index (χ2n) is 4.51. The van der Waals surface area contributed by atoms with Gasteiger partial charge in [-0.3, -0.25) is 9.78 Å². The number of benzene rings is 1. The van der Waals surface area contributed by atoms with E-state index >= 15 is 0 Å². The lowest BCUT2D eigenvalue weighted by atomic mass is 10.2. The second-order valence-corrected chi connectivity index (χ2v) is 4.51. The molecule has 0 atom stereocenters. The van der Waals surface area contributed by atoms with Crippen LogP contribution >= 0.6 is 0 Å². The summed E-state index contributed by atoms with van der Waals surface area (Å²) in [6.07, 6.45) is 0.732. The predicted molar refractivity (Wildman–Crippen MR) is 78.3 cm³/mol. The highest BCUT2D eigenvalue weighted by molar-refractivity contribution is 5.61. The third-order valence-corrected chi connectivity index (χ3v) is 2.78. The van der Waals surface area contributed by atoms with Crippen molar-refractivity contribution in [2.45, 2.75) is 13.3 Å². The monoisotopic (exact) mass is 258 g/mol. The standard InChI is InChI=1S/C14H18N4O/c1-4-10-9-13(19)17-14(15-10)16-11-6-5-7-12(8-11)18(2)3/h5-9H,4H2,1-3H3,(H2,15,16,17,19). The zero-order chi connectivity index (χ0) is 13.8. The summed E-state index contributed by atoms with van der Waals surface area (Å²) in [6, 6.07) is 9.43. The smallest absolute Gasteiger partial charge is 0.252 e. The van der Waals surface area contributed by atoms with Gasteiger partial charge in [0.15, 0.2) is 0 Å². The number of nitrogens with zero attached hydrogens (tertiary/aromatic N) is 2. The molecule has 1 heterocycles. The number of rotatable bonds is 4. The van der Waals surface area contributed by atoms with Crippen LogP contribution in [0.3, 0.4) is 0 Å². The van der Waals surface area contributed by atoms with E-state index in [-0.39, 0.29) is 5.56 Å². The van der Waals surface area contributed by atoms with E-state index in [1.54, 1.807) is 0 Å². The Kier molecular flexibility index (Phi) is 3.85. The number of aromatic amines is 1. The highest BCUT2D eigenvalue weighted by Gasteiger charge is 2.02. The quantitative estimate of drug-likeness (QED) is 0.882. The van der Waals surface area contributed by atoms with Gasteiger partial charge in [0.25, 0.3) is 5.56 Å². The number of aryl methyl sites for hydroxylation is 1. The maximum atomic E-state index is 11.5. The van der Waals surface area contributed by atoms with Crippen molar-refractivity contribution in [2.75, 3.05) is 24.3 Å². The van der Waals surface area contributed by atoms with Crippen molar-refractivity contribution in [1.29, 1.82) is 0 Å². The van der Waals surface area contributed by atoms with Gasteiger partial charge in [0.1, 0.15) is 0 Å². The van der Waals surface area contributed by atoms with E-state index in [1.165, 1.54) is 6.07 Å². The van der Waals surface area contributed by atoms with Crippen molar-refractivity contribution in [1.82, 2.24) is 9.97 Å². The van der Waals surface area contributed by atoms with E-state index < -0.39 is 0 Å². The first-order valence-electron chi connectivity index (χ1n) is 6.23. The Labute approximate surface area is 112 Å². The molecule has 2 rings (SSSR count). The van der Waals surface area contributed by atoms with Crippen molar-refractivity contribution in [2.24, 2.45) is 0 Å². The van der Waals surface area contributed by atoms with Gasteiger partial charge in [0.05, 0.1) is 0 Å². The Morgan fingerprint density at radius 1 is 1.32 bits per heavy atom. The van der Waals surface area contributed by atoms with E-state index in [9.17, 15) is 4.79 Å². The molecule has 0 amide bonds. The number of hydrogen-bond acceptors (Lipinski definition) is 4. The Hall–Kier alpha value is -2.30. The van der Waals surface area contributed by atoms with E-state index in [0.29, 0.717) is 5.95 Å². The van der Waals surface area contributed by atoms with Crippen LogP contribution in [-0.4, -0.2) is 24.1 Å². The van der Waals surface area contributed by atoms with Gasteiger partial charge in [-0.05, 0) is 24.6 Å². The molecule has 5 nitrogen and oxygen atoms in total. The van der Waals surface area contributed by atoms with Crippen LogP contribution in [0.4, 0.5) is 17.3 Å². The summed E-state index contributed by atoms with van der Waals surface area (Å²) >= 11 is 0. The van der Waals surface area contributed by atoms with Crippen molar-refractivity contribution in [3.63, 3.8) is 0 Å². The molecule has 0 saturated carbocycles. The van der Waals surface area contributed by atoms with Gasteiger partial charge in [0, 0.05) is 37.2 Å². The predicted octanol–water partition coefficient (Wildman–Crippen LogP) is 2.14. The highest BCUT2D eigenvalue weighted by atomic mass is 16.1. The summed E-state index contributed by atoms with van der Waals surface area (Å²) in [5.41, 5.74) is 2.61. The van der Waals surface area contributed by atoms with Crippen LogP contribution in [0.15, 0.2) is 35.1 Å². The van der Waals surface area contributed by atoms with Crippen LogP contribution in [0.25, 0.3) is 0 Å². The van der Waals surface area contributed by atoms with Gasteiger partial charge in [-0.25, -0.2) is 4.98 Å². The van der Waals surface area contributed by atoms with Gasteiger partial charge in [-0.1, -0.05) is 13.0 Å². The first kappa shape index (κ1) is 13.1. The number of nitrogens with one attached hydrogen (secondary N) is 2. The van der Waals surface area contributed by atoms with Crippen LogP contribution in [0.1, 0.15) is 12.6 Å². The summed E-state index contributed by atoms with van der Waals surface area (Å²) < 4.78 is 0. The maximum Gasteiger partial charge on any atom is 0.252 e. The zero-order valence-corrected chi connectivity index (χ0v) is 11.4. The van der Waals surface area contributed by atoms with Gasteiger partial charge in [0.2, 0.25) is 5.95 Å². The lowest BCUT2D eigenvalue weighted by Gasteiger charge is -2.14. The van der Waals surface area contributed by atoms with Crippen molar-refractivity contribution in [3.8, 4) is 0 Å². The van der Waals surface area contributed by atoms with Crippen molar-refractivity contribution in [3.05, 3.63) is 46.4 Å². The molecule has 100 valence electrons. The van der Waals surface area contributed by atoms with E-state index in [1.807, 2.05) is 50.2 Å². The molecule has 5 heteroatoms. The molecule has 2 N–H and O–H groups in total. The molecule has 0 unspecified atom stereocenters. The number of hydrogen-bond donors (Lipinski definition) is 2. The first-order valence-corrected chi connectivity index (χ1v) is 6.23. The minimum atomic E-state index is -0.141. The second kappa shape index (κ2) is 5.56. The minimum absolute atomic E-state index is 0.141. The molecule has 0 spiro atoms. The largest absolute Gasteiger partial charge is 0.378 e. The van der Waals surface area contributed by atoms with E-state index in [2.05, 4.69) is 15.3 Å². The molecule has 2 aromatic rings. The van der Waals surface area contributed by atoms with Crippen molar-refractivity contribution < 1.29 is 0 Å². The summed E-state index contributed by atoms with van der Waals surface area (Å²) in [6.45, 7) is 1.97. The highest BCUT2D eigenvalue weighted by Crippen LogP contribution is 2.19. The average Bonchev–Trinajstić information content (AvgIpc) is 2.38. The Bertz CT molecular complexity index is 619. The van der Waals surface area contributed by atoms with Gasteiger partial charge < -0.3 is 10.2 Å². The molecule has 0 radical (unpaired) electrons. The third-order valence-electron chi connectivity index (χ3n) is 2.78. The van der Waals surface area contributed by atoms with E-state index in [4.69, 9.17) is 0 Å². The Morgan fingerprint density at radius 3 is 2.79 bits per heavy atom. The van der Waals surface area contributed by atoms with E-state index in [0.717, 1.165) is 23.5 Å². The number of aromatic nitrogens is 2.